The SMILES string of the molecule is CC[C@H](C#N)NS(=O)(=O)c1ccc(C)cc1Br. The molecule has 0 radical (unpaired) electrons. The number of nitrogens with zero attached hydrogens (tertiary/aromatic N) is 1. The molecule has 0 spiro atoms. The number of nitrogens with one attached hydrogen (secondary N) is 1. The lowest BCUT2D eigenvalue weighted by Gasteiger charge is -2.11. The molecule has 0 saturated heterocycles. The summed E-state index contributed by atoms with van der Waals surface area (Å²) in [7, 11) is -3.65. The Morgan fingerprint density at radius 2 is 2.18 bits per heavy atom. The van der Waals surface area contributed by atoms with Gasteiger partial charge in [-0.25, -0.2) is 8.42 Å². The van der Waals surface area contributed by atoms with Gasteiger partial charge >= 0.3 is 0 Å². The van der Waals surface area contributed by atoms with Gasteiger partial charge in [0, 0.05) is 4.47 Å². The first-order valence-corrected chi connectivity index (χ1v) is 7.36. The highest BCUT2D eigenvalue weighted by Crippen LogP contribution is 2.23. The fraction of sp³-hybridized carbons (Fsp3) is 0.364. The van der Waals surface area contributed by atoms with Gasteiger partial charge in [-0.15, -0.1) is 0 Å². The summed E-state index contributed by atoms with van der Waals surface area (Å²) in [5.41, 5.74) is 0.961. The fourth-order valence-electron chi connectivity index (χ4n) is 1.28. The van der Waals surface area contributed by atoms with Gasteiger partial charge in [-0.05, 0) is 47.0 Å². The van der Waals surface area contributed by atoms with E-state index in [0.717, 1.165) is 5.56 Å². The summed E-state index contributed by atoms with van der Waals surface area (Å²) in [5.74, 6) is 0. The van der Waals surface area contributed by atoms with E-state index >= 15 is 0 Å². The molecule has 17 heavy (non-hydrogen) atoms. The van der Waals surface area contributed by atoms with Crippen molar-refractivity contribution in [2.45, 2.75) is 31.2 Å². The molecule has 1 rings (SSSR count). The Labute approximate surface area is 110 Å². The van der Waals surface area contributed by atoms with Crippen molar-refractivity contribution in [2.24, 2.45) is 0 Å². The molecule has 0 heterocycles. The van der Waals surface area contributed by atoms with E-state index in [9.17, 15) is 8.42 Å². The van der Waals surface area contributed by atoms with Crippen molar-refractivity contribution in [1.29, 1.82) is 5.26 Å². The molecule has 1 aromatic rings. The standard InChI is InChI=1S/C11H13BrN2O2S/c1-3-9(7-13)14-17(15,16)11-5-4-8(2)6-10(11)12/h4-6,9,14H,3H2,1-2H3/t9-/m1/s1. The van der Waals surface area contributed by atoms with Gasteiger partial charge in [-0.2, -0.15) is 9.98 Å². The fourth-order valence-corrected chi connectivity index (χ4v) is 3.69. The highest BCUT2D eigenvalue weighted by atomic mass is 79.9. The minimum absolute atomic E-state index is 0.150. The molecule has 0 fully saturated rings. The zero-order valence-electron chi connectivity index (χ0n) is 9.57. The molecule has 0 aliphatic rings. The molecule has 6 heteroatoms. The Morgan fingerprint density at radius 3 is 2.65 bits per heavy atom. The average molecular weight is 317 g/mol. The lowest BCUT2D eigenvalue weighted by molar-refractivity contribution is 0.569. The maximum Gasteiger partial charge on any atom is 0.242 e. The van der Waals surface area contributed by atoms with Gasteiger partial charge in [0.25, 0.3) is 0 Å². The van der Waals surface area contributed by atoms with Gasteiger partial charge in [0.1, 0.15) is 6.04 Å². The van der Waals surface area contributed by atoms with E-state index in [1.54, 1.807) is 19.1 Å². The predicted molar refractivity (Wildman–Crippen MR) is 68.9 cm³/mol. The van der Waals surface area contributed by atoms with E-state index in [1.807, 2.05) is 13.0 Å². The summed E-state index contributed by atoms with van der Waals surface area (Å²) in [5, 5.41) is 8.76. The zero-order valence-corrected chi connectivity index (χ0v) is 12.0. The third kappa shape index (κ3) is 3.53. The first kappa shape index (κ1) is 14.2. The van der Waals surface area contributed by atoms with Crippen LogP contribution >= 0.6 is 15.9 Å². The summed E-state index contributed by atoms with van der Waals surface area (Å²) >= 11 is 3.21. The summed E-state index contributed by atoms with van der Waals surface area (Å²) in [4.78, 5) is 0.150. The molecular formula is C11H13BrN2O2S. The minimum Gasteiger partial charge on any atom is -0.207 e. The largest absolute Gasteiger partial charge is 0.242 e. The Morgan fingerprint density at radius 1 is 1.53 bits per heavy atom. The second-order valence-electron chi connectivity index (χ2n) is 3.65. The van der Waals surface area contributed by atoms with Crippen molar-refractivity contribution in [2.75, 3.05) is 0 Å². The Kier molecular flexibility index (Phi) is 4.69. The molecule has 0 aliphatic heterocycles. The van der Waals surface area contributed by atoms with Crippen molar-refractivity contribution >= 4 is 26.0 Å². The highest BCUT2D eigenvalue weighted by Gasteiger charge is 2.21. The molecule has 4 nitrogen and oxygen atoms in total. The van der Waals surface area contributed by atoms with Crippen LogP contribution in [0.4, 0.5) is 0 Å². The van der Waals surface area contributed by atoms with E-state index in [4.69, 9.17) is 5.26 Å². The molecule has 1 aromatic carbocycles. The number of hydrogen-bond acceptors (Lipinski definition) is 3. The van der Waals surface area contributed by atoms with E-state index in [2.05, 4.69) is 20.7 Å². The quantitative estimate of drug-likeness (QED) is 0.926. The van der Waals surface area contributed by atoms with Crippen molar-refractivity contribution in [3.05, 3.63) is 28.2 Å². The summed E-state index contributed by atoms with van der Waals surface area (Å²) in [6, 6.07) is 6.16. The molecule has 0 bridgehead atoms. The van der Waals surface area contributed by atoms with Crippen LogP contribution in [0.1, 0.15) is 18.9 Å². The van der Waals surface area contributed by atoms with Crippen LogP contribution in [0.2, 0.25) is 0 Å². The van der Waals surface area contributed by atoms with E-state index in [-0.39, 0.29) is 4.90 Å². The highest BCUT2D eigenvalue weighted by molar-refractivity contribution is 9.10. The molecule has 0 aromatic heterocycles. The van der Waals surface area contributed by atoms with E-state index in [0.29, 0.717) is 10.9 Å². The maximum atomic E-state index is 12.0. The molecule has 1 N–H and O–H groups in total. The second kappa shape index (κ2) is 5.63. The summed E-state index contributed by atoms with van der Waals surface area (Å²) in [6.45, 7) is 3.62. The van der Waals surface area contributed by atoms with Crippen LogP contribution in [0.3, 0.4) is 0 Å². The van der Waals surface area contributed by atoms with Gasteiger partial charge in [0.2, 0.25) is 10.0 Å². The third-order valence-corrected chi connectivity index (χ3v) is 4.69. The van der Waals surface area contributed by atoms with Crippen LogP contribution in [0, 0.1) is 18.3 Å². The molecule has 1 atom stereocenters. The normalized spacial score (nSPS) is 13.1. The predicted octanol–water partition coefficient (Wildman–Crippen LogP) is 2.34. The van der Waals surface area contributed by atoms with Crippen molar-refractivity contribution < 1.29 is 8.42 Å². The number of nitriles is 1. The lowest BCUT2D eigenvalue weighted by atomic mass is 10.2. The number of hydrogen-bond donors (Lipinski definition) is 1. The Balaban J connectivity index is 3.10. The summed E-state index contributed by atoms with van der Waals surface area (Å²) < 4.78 is 26.8. The van der Waals surface area contributed by atoms with Crippen molar-refractivity contribution in [3.63, 3.8) is 0 Å². The topological polar surface area (TPSA) is 70.0 Å². The van der Waals surface area contributed by atoms with Gasteiger partial charge < -0.3 is 0 Å². The molecule has 92 valence electrons. The van der Waals surface area contributed by atoms with Gasteiger partial charge in [-0.1, -0.05) is 13.0 Å². The van der Waals surface area contributed by atoms with Crippen LogP contribution in [0.25, 0.3) is 0 Å². The molecular weight excluding hydrogens is 304 g/mol. The maximum absolute atomic E-state index is 12.0. The van der Waals surface area contributed by atoms with Gasteiger partial charge in [0.15, 0.2) is 0 Å². The smallest absolute Gasteiger partial charge is 0.207 e. The van der Waals surface area contributed by atoms with Gasteiger partial charge in [-0.3, -0.25) is 0 Å². The average Bonchev–Trinajstić information content (AvgIpc) is 2.25. The molecule has 0 aliphatic carbocycles. The molecule has 0 amide bonds. The Hall–Kier alpha value is -0.900. The van der Waals surface area contributed by atoms with Crippen LogP contribution in [0.15, 0.2) is 27.6 Å². The second-order valence-corrected chi connectivity index (χ2v) is 6.18. The van der Waals surface area contributed by atoms with E-state index < -0.39 is 16.1 Å². The van der Waals surface area contributed by atoms with Crippen LogP contribution in [-0.4, -0.2) is 14.5 Å². The number of halogens is 1. The Bertz CT molecular complexity index is 549. The third-order valence-electron chi connectivity index (χ3n) is 2.24. The number of rotatable bonds is 4. The van der Waals surface area contributed by atoms with Crippen LogP contribution in [0.5, 0.6) is 0 Å². The van der Waals surface area contributed by atoms with Crippen molar-refractivity contribution in [3.8, 4) is 6.07 Å². The minimum atomic E-state index is -3.65. The zero-order chi connectivity index (χ0) is 13.1. The van der Waals surface area contributed by atoms with E-state index in [1.165, 1.54) is 6.07 Å². The van der Waals surface area contributed by atoms with Crippen LogP contribution < -0.4 is 4.72 Å². The van der Waals surface area contributed by atoms with Crippen molar-refractivity contribution in [1.82, 2.24) is 4.72 Å². The monoisotopic (exact) mass is 316 g/mol. The summed E-state index contributed by atoms with van der Waals surface area (Å²) in [6.07, 6.45) is 0.430. The molecule has 0 unspecified atom stereocenters. The lowest BCUT2D eigenvalue weighted by Crippen LogP contribution is -2.33. The number of benzene rings is 1. The van der Waals surface area contributed by atoms with Crippen LogP contribution in [-0.2, 0) is 10.0 Å². The first-order valence-electron chi connectivity index (χ1n) is 5.08. The number of sulfonamides is 1. The molecule has 0 saturated carbocycles. The number of aryl methyl sites for hydroxylation is 1. The first-order chi connectivity index (χ1) is 7.90. The van der Waals surface area contributed by atoms with Gasteiger partial charge in [0.05, 0.1) is 11.0 Å².